The molecule has 6 heteroatoms. The Labute approximate surface area is 164 Å². The Morgan fingerprint density at radius 1 is 1.25 bits per heavy atom. The molecule has 1 aliphatic carbocycles. The first-order valence-corrected chi connectivity index (χ1v) is 9.44. The van der Waals surface area contributed by atoms with Crippen LogP contribution in [-0.2, 0) is 6.54 Å². The van der Waals surface area contributed by atoms with Crippen molar-refractivity contribution in [2.75, 3.05) is 5.32 Å². The summed E-state index contributed by atoms with van der Waals surface area (Å²) >= 11 is 0. The highest BCUT2D eigenvalue weighted by Crippen LogP contribution is 2.33. The molecule has 0 spiro atoms. The number of allylic oxidation sites excluding steroid dienone is 3. The van der Waals surface area contributed by atoms with Crippen molar-refractivity contribution in [3.05, 3.63) is 72.6 Å². The topological polar surface area (TPSA) is 81.1 Å². The number of aromatic nitrogens is 3. The van der Waals surface area contributed by atoms with Gasteiger partial charge in [-0.3, -0.25) is 4.99 Å². The molecule has 1 saturated carbocycles. The van der Waals surface area contributed by atoms with Gasteiger partial charge in [0, 0.05) is 28.7 Å². The largest absolute Gasteiger partial charge is 0.402 e. The van der Waals surface area contributed by atoms with Gasteiger partial charge in [-0.25, -0.2) is 4.68 Å². The van der Waals surface area contributed by atoms with E-state index in [9.17, 15) is 0 Å². The summed E-state index contributed by atoms with van der Waals surface area (Å²) in [5.41, 5.74) is 12.3. The fourth-order valence-electron chi connectivity index (χ4n) is 3.08. The molecule has 2 aromatic carbocycles. The first-order chi connectivity index (χ1) is 13.6. The number of hydrogen-bond donors (Lipinski definition) is 2. The number of para-hydroxylation sites is 1. The summed E-state index contributed by atoms with van der Waals surface area (Å²) in [5.74, 6) is 0.550. The average molecular weight is 372 g/mol. The van der Waals surface area contributed by atoms with Crippen molar-refractivity contribution < 1.29 is 0 Å². The van der Waals surface area contributed by atoms with Crippen molar-refractivity contribution in [1.82, 2.24) is 15.0 Å². The third-order valence-electron chi connectivity index (χ3n) is 4.58. The monoisotopic (exact) mass is 372 g/mol. The first kappa shape index (κ1) is 18.0. The van der Waals surface area contributed by atoms with Crippen LogP contribution >= 0.6 is 0 Å². The van der Waals surface area contributed by atoms with Gasteiger partial charge in [-0.2, -0.15) is 0 Å². The van der Waals surface area contributed by atoms with Gasteiger partial charge in [-0.05, 0) is 62.2 Å². The van der Waals surface area contributed by atoms with Gasteiger partial charge in [-0.15, -0.1) is 5.10 Å². The molecule has 3 aromatic rings. The quantitative estimate of drug-likeness (QED) is 0.602. The van der Waals surface area contributed by atoms with Crippen LogP contribution in [-0.4, -0.2) is 20.7 Å². The highest BCUT2D eigenvalue weighted by atomic mass is 15.4. The second kappa shape index (κ2) is 7.68. The van der Waals surface area contributed by atoms with Gasteiger partial charge >= 0.3 is 0 Å². The number of rotatable bonds is 7. The molecule has 142 valence electrons. The average Bonchev–Trinajstić information content (AvgIpc) is 3.45. The van der Waals surface area contributed by atoms with Crippen LogP contribution in [0, 0.1) is 5.92 Å². The SMILES string of the molecule is C=C(Cn1nnc2ccccc21)Nc1ccc(N=C(C=C(C)N)C2CC2)cc1. The van der Waals surface area contributed by atoms with Crippen LogP contribution in [0.2, 0.25) is 0 Å². The smallest absolute Gasteiger partial charge is 0.113 e. The fraction of sp³-hybridized carbons (Fsp3) is 0.227. The van der Waals surface area contributed by atoms with Crippen molar-refractivity contribution in [2.45, 2.75) is 26.3 Å². The second-order valence-corrected chi connectivity index (χ2v) is 7.21. The normalized spacial score (nSPS) is 15.0. The molecule has 0 unspecified atom stereocenters. The van der Waals surface area contributed by atoms with Crippen molar-refractivity contribution in [2.24, 2.45) is 16.6 Å². The second-order valence-electron chi connectivity index (χ2n) is 7.21. The lowest BCUT2D eigenvalue weighted by Gasteiger charge is -2.10. The van der Waals surface area contributed by atoms with Gasteiger partial charge in [0.2, 0.25) is 0 Å². The van der Waals surface area contributed by atoms with Crippen LogP contribution in [0.4, 0.5) is 11.4 Å². The number of nitrogens with zero attached hydrogens (tertiary/aromatic N) is 4. The fourth-order valence-corrected chi connectivity index (χ4v) is 3.08. The minimum absolute atomic E-state index is 0.548. The number of benzene rings is 2. The minimum Gasteiger partial charge on any atom is -0.402 e. The number of hydrogen-bond acceptors (Lipinski definition) is 5. The molecule has 1 aliphatic rings. The number of nitrogens with two attached hydrogens (primary N) is 1. The lowest BCUT2D eigenvalue weighted by atomic mass is 10.2. The minimum atomic E-state index is 0.548. The van der Waals surface area contributed by atoms with Gasteiger partial charge in [0.15, 0.2) is 0 Å². The predicted octanol–water partition coefficient (Wildman–Crippen LogP) is 4.40. The van der Waals surface area contributed by atoms with Crippen LogP contribution in [0.15, 0.2) is 77.6 Å². The van der Waals surface area contributed by atoms with Crippen LogP contribution < -0.4 is 11.1 Å². The van der Waals surface area contributed by atoms with Crippen molar-refractivity contribution in [3.8, 4) is 0 Å². The van der Waals surface area contributed by atoms with Crippen molar-refractivity contribution in [1.29, 1.82) is 0 Å². The standard InChI is InChI=1S/C22H24N6/c1-15(23)13-21(17-7-8-17)25-19-11-9-18(10-12-19)24-16(2)14-28-22-6-4-3-5-20(22)26-27-28/h3-6,9-13,17,24H,2,7-8,14,23H2,1H3. The summed E-state index contributed by atoms with van der Waals surface area (Å²) in [4.78, 5) is 4.76. The molecule has 4 rings (SSSR count). The summed E-state index contributed by atoms with van der Waals surface area (Å²) in [6, 6.07) is 15.9. The number of aliphatic imine (C=N–C) groups is 1. The molecule has 1 heterocycles. The van der Waals surface area contributed by atoms with Gasteiger partial charge in [-0.1, -0.05) is 23.9 Å². The number of fused-ring (bicyclic) bond motifs is 1. The van der Waals surface area contributed by atoms with E-state index in [4.69, 9.17) is 10.7 Å². The Hall–Kier alpha value is -3.41. The Morgan fingerprint density at radius 3 is 2.71 bits per heavy atom. The molecule has 6 nitrogen and oxygen atoms in total. The highest BCUT2D eigenvalue weighted by molar-refractivity contribution is 6.00. The summed E-state index contributed by atoms with van der Waals surface area (Å²) in [5, 5.41) is 11.7. The molecule has 1 aromatic heterocycles. The molecule has 0 atom stereocenters. The first-order valence-electron chi connectivity index (χ1n) is 9.44. The molecule has 0 radical (unpaired) electrons. The Morgan fingerprint density at radius 2 is 2.00 bits per heavy atom. The summed E-state index contributed by atoms with van der Waals surface area (Å²) in [7, 11) is 0. The lowest BCUT2D eigenvalue weighted by Crippen LogP contribution is -2.08. The van der Waals surface area contributed by atoms with E-state index in [0.29, 0.717) is 12.5 Å². The van der Waals surface area contributed by atoms with Gasteiger partial charge in [0.05, 0.1) is 17.7 Å². The molecule has 0 amide bonds. The zero-order chi connectivity index (χ0) is 19.5. The maximum Gasteiger partial charge on any atom is 0.113 e. The molecular formula is C22H24N6. The Balaban J connectivity index is 1.43. The summed E-state index contributed by atoms with van der Waals surface area (Å²) in [6.45, 7) is 6.56. The Kier molecular flexibility index (Phi) is 4.93. The molecule has 0 bridgehead atoms. The summed E-state index contributed by atoms with van der Waals surface area (Å²) < 4.78 is 1.84. The molecular weight excluding hydrogens is 348 g/mol. The van der Waals surface area contributed by atoms with E-state index in [1.165, 1.54) is 12.8 Å². The van der Waals surface area contributed by atoms with Crippen LogP contribution in [0.3, 0.4) is 0 Å². The number of nitrogens with one attached hydrogen (secondary N) is 1. The van der Waals surface area contributed by atoms with Crippen LogP contribution in [0.1, 0.15) is 19.8 Å². The van der Waals surface area contributed by atoms with E-state index in [2.05, 4.69) is 22.2 Å². The van der Waals surface area contributed by atoms with E-state index in [1.54, 1.807) is 0 Å². The maximum absolute atomic E-state index is 5.83. The van der Waals surface area contributed by atoms with Gasteiger partial charge < -0.3 is 11.1 Å². The van der Waals surface area contributed by atoms with E-state index in [1.807, 2.05) is 66.2 Å². The summed E-state index contributed by atoms with van der Waals surface area (Å²) in [6.07, 6.45) is 4.37. The molecule has 0 saturated heterocycles. The van der Waals surface area contributed by atoms with E-state index < -0.39 is 0 Å². The van der Waals surface area contributed by atoms with Crippen LogP contribution in [0.5, 0.6) is 0 Å². The van der Waals surface area contributed by atoms with Crippen LogP contribution in [0.25, 0.3) is 11.0 Å². The zero-order valence-electron chi connectivity index (χ0n) is 16.0. The van der Waals surface area contributed by atoms with Gasteiger partial charge in [0.1, 0.15) is 5.52 Å². The highest BCUT2D eigenvalue weighted by Gasteiger charge is 2.26. The predicted molar refractivity (Wildman–Crippen MR) is 114 cm³/mol. The zero-order valence-corrected chi connectivity index (χ0v) is 16.0. The van der Waals surface area contributed by atoms with Gasteiger partial charge in [0.25, 0.3) is 0 Å². The third kappa shape index (κ3) is 4.28. The number of anilines is 1. The Bertz CT molecular complexity index is 1050. The van der Waals surface area contributed by atoms with E-state index in [0.717, 1.165) is 39.5 Å². The molecule has 1 fully saturated rings. The maximum atomic E-state index is 5.83. The lowest BCUT2D eigenvalue weighted by molar-refractivity contribution is 0.665. The molecule has 3 N–H and O–H groups in total. The van der Waals surface area contributed by atoms with Crippen molar-refractivity contribution >= 4 is 28.1 Å². The molecule has 28 heavy (non-hydrogen) atoms. The van der Waals surface area contributed by atoms with E-state index >= 15 is 0 Å². The van der Waals surface area contributed by atoms with Crippen molar-refractivity contribution in [3.63, 3.8) is 0 Å². The van der Waals surface area contributed by atoms with E-state index in [-0.39, 0.29) is 0 Å². The third-order valence-corrected chi connectivity index (χ3v) is 4.58. The molecule has 0 aliphatic heterocycles.